The van der Waals surface area contributed by atoms with Gasteiger partial charge in [-0.15, -0.1) is 0 Å². The van der Waals surface area contributed by atoms with Gasteiger partial charge in [0, 0.05) is 29.6 Å². The van der Waals surface area contributed by atoms with Crippen LogP contribution in [0.25, 0.3) is 10.9 Å². The highest BCUT2D eigenvalue weighted by atomic mass is 16.2. The number of aromatic nitrogens is 1. The summed E-state index contributed by atoms with van der Waals surface area (Å²) in [7, 11) is 0. The monoisotopic (exact) mass is 348 g/mol. The van der Waals surface area contributed by atoms with Crippen molar-refractivity contribution in [3.05, 3.63) is 76.1 Å². The number of aryl methyl sites for hydroxylation is 1. The van der Waals surface area contributed by atoms with Gasteiger partial charge in [0.25, 0.3) is 5.56 Å². The molecule has 0 bridgehead atoms. The number of benzene rings is 2. The molecule has 1 unspecified atom stereocenters. The van der Waals surface area contributed by atoms with Crippen LogP contribution in [0.1, 0.15) is 35.8 Å². The van der Waals surface area contributed by atoms with E-state index in [0.717, 1.165) is 16.5 Å². The van der Waals surface area contributed by atoms with Crippen LogP contribution in [0.3, 0.4) is 0 Å². The van der Waals surface area contributed by atoms with Gasteiger partial charge >= 0.3 is 0 Å². The Balaban J connectivity index is 2.00. The first-order chi connectivity index (χ1) is 12.4. The second-order valence-corrected chi connectivity index (χ2v) is 6.35. The molecule has 0 saturated heterocycles. The van der Waals surface area contributed by atoms with Crippen LogP contribution in [-0.4, -0.2) is 16.3 Å². The molecule has 5 nitrogen and oxygen atoms in total. The van der Waals surface area contributed by atoms with E-state index in [9.17, 15) is 14.4 Å². The average molecular weight is 348 g/mol. The van der Waals surface area contributed by atoms with Crippen LogP contribution in [0.15, 0.2) is 59.4 Å². The smallest absolute Gasteiger partial charge is 0.251 e. The van der Waals surface area contributed by atoms with Gasteiger partial charge in [-0.2, -0.15) is 0 Å². The van der Waals surface area contributed by atoms with Gasteiger partial charge in [0.15, 0.2) is 5.78 Å². The number of nitrogens with zero attached hydrogens (tertiary/aromatic N) is 1. The molecule has 5 heteroatoms. The third kappa shape index (κ3) is 3.28. The molecule has 3 aromatic rings. The highest BCUT2D eigenvalue weighted by Gasteiger charge is 2.20. The fraction of sp³-hybridized carbons (Fsp3) is 0.190. The number of para-hydroxylation sites is 1. The lowest BCUT2D eigenvalue weighted by molar-refractivity contribution is -0.114. The number of hydrogen-bond donors (Lipinski definition) is 1. The van der Waals surface area contributed by atoms with Gasteiger partial charge in [-0.3, -0.25) is 19.0 Å². The minimum atomic E-state index is -0.639. The molecule has 1 amide bonds. The van der Waals surface area contributed by atoms with Gasteiger partial charge in [-0.25, -0.2) is 0 Å². The Morgan fingerprint density at radius 2 is 1.69 bits per heavy atom. The lowest BCUT2D eigenvalue weighted by Crippen LogP contribution is -2.28. The van der Waals surface area contributed by atoms with Crippen LogP contribution in [0, 0.1) is 6.92 Å². The van der Waals surface area contributed by atoms with Gasteiger partial charge in [-0.05, 0) is 49.7 Å². The van der Waals surface area contributed by atoms with Crippen molar-refractivity contribution in [2.24, 2.45) is 0 Å². The third-order valence-corrected chi connectivity index (χ3v) is 4.42. The summed E-state index contributed by atoms with van der Waals surface area (Å²) in [5, 5.41) is 3.62. The predicted octanol–water partition coefficient (Wildman–Crippen LogP) is 3.71. The first-order valence-electron chi connectivity index (χ1n) is 8.41. The van der Waals surface area contributed by atoms with Crippen molar-refractivity contribution < 1.29 is 9.59 Å². The molecule has 0 aliphatic heterocycles. The first-order valence-corrected chi connectivity index (χ1v) is 8.41. The summed E-state index contributed by atoms with van der Waals surface area (Å²) in [4.78, 5) is 36.6. The van der Waals surface area contributed by atoms with E-state index in [4.69, 9.17) is 0 Å². The van der Waals surface area contributed by atoms with Crippen molar-refractivity contribution in [2.45, 2.75) is 26.8 Å². The maximum absolute atomic E-state index is 12.9. The van der Waals surface area contributed by atoms with Crippen LogP contribution in [0.2, 0.25) is 0 Å². The summed E-state index contributed by atoms with van der Waals surface area (Å²) >= 11 is 0. The number of carbonyl (C=O) groups excluding carboxylic acids is 2. The summed E-state index contributed by atoms with van der Waals surface area (Å²) in [5.74, 6) is -0.328. The summed E-state index contributed by atoms with van der Waals surface area (Å²) < 4.78 is 1.53. The highest BCUT2D eigenvalue weighted by molar-refractivity contribution is 6.00. The summed E-state index contributed by atoms with van der Waals surface area (Å²) in [5.41, 5.74) is 2.55. The number of pyridine rings is 1. The molecule has 0 radical (unpaired) electrons. The van der Waals surface area contributed by atoms with E-state index in [-0.39, 0.29) is 17.2 Å². The number of anilines is 1. The molecule has 1 N–H and O–H groups in total. The second-order valence-electron chi connectivity index (χ2n) is 6.35. The van der Waals surface area contributed by atoms with Crippen molar-refractivity contribution in [3.8, 4) is 0 Å². The Morgan fingerprint density at radius 3 is 2.35 bits per heavy atom. The van der Waals surface area contributed by atoms with E-state index in [1.54, 1.807) is 37.3 Å². The molecule has 0 fully saturated rings. The van der Waals surface area contributed by atoms with Crippen LogP contribution >= 0.6 is 0 Å². The maximum atomic E-state index is 12.9. The summed E-state index contributed by atoms with van der Waals surface area (Å²) in [6, 6.07) is 15.2. The molecular formula is C21H20N2O3. The van der Waals surface area contributed by atoms with Crippen LogP contribution in [0.5, 0.6) is 0 Å². The van der Waals surface area contributed by atoms with Gasteiger partial charge in [0.1, 0.15) is 0 Å². The Labute approximate surface area is 151 Å². The van der Waals surface area contributed by atoms with Gasteiger partial charge in [-0.1, -0.05) is 18.2 Å². The van der Waals surface area contributed by atoms with E-state index in [2.05, 4.69) is 5.32 Å². The molecule has 1 aromatic heterocycles. The zero-order valence-corrected chi connectivity index (χ0v) is 14.9. The molecule has 3 rings (SSSR count). The fourth-order valence-corrected chi connectivity index (χ4v) is 3.15. The van der Waals surface area contributed by atoms with Crippen molar-refractivity contribution in [1.29, 1.82) is 0 Å². The van der Waals surface area contributed by atoms with E-state index in [1.807, 2.05) is 31.2 Å². The number of carbonyl (C=O) groups is 2. The molecule has 132 valence electrons. The number of ketones is 1. The number of hydrogen-bond acceptors (Lipinski definition) is 3. The van der Waals surface area contributed by atoms with Crippen LogP contribution in [-0.2, 0) is 4.79 Å². The molecule has 26 heavy (non-hydrogen) atoms. The van der Waals surface area contributed by atoms with E-state index in [0.29, 0.717) is 11.3 Å². The molecular weight excluding hydrogens is 328 g/mol. The Morgan fingerprint density at radius 1 is 1.04 bits per heavy atom. The lowest BCUT2D eigenvalue weighted by atomic mass is 10.0. The third-order valence-electron chi connectivity index (χ3n) is 4.42. The van der Waals surface area contributed by atoms with Gasteiger partial charge < -0.3 is 5.32 Å². The van der Waals surface area contributed by atoms with Crippen molar-refractivity contribution in [1.82, 2.24) is 4.57 Å². The quantitative estimate of drug-likeness (QED) is 0.731. The fourth-order valence-electron chi connectivity index (χ4n) is 3.15. The SMILES string of the molecule is CC(=O)Nc1ccc(C(=O)C(C)n2c(=O)cc(C)c3ccccc32)cc1. The molecule has 0 spiro atoms. The number of fused-ring (bicyclic) bond motifs is 1. The molecule has 2 aromatic carbocycles. The highest BCUT2D eigenvalue weighted by Crippen LogP contribution is 2.22. The Kier molecular flexibility index (Phi) is 4.71. The number of nitrogens with one attached hydrogen (secondary N) is 1. The zero-order chi connectivity index (χ0) is 18.8. The number of amides is 1. The second kappa shape index (κ2) is 6.96. The molecule has 0 aliphatic rings. The van der Waals surface area contributed by atoms with E-state index < -0.39 is 6.04 Å². The largest absolute Gasteiger partial charge is 0.326 e. The Hall–Kier alpha value is -3.21. The Bertz CT molecular complexity index is 1050. The van der Waals surface area contributed by atoms with E-state index >= 15 is 0 Å². The molecule has 0 saturated carbocycles. The first kappa shape index (κ1) is 17.6. The molecule has 1 heterocycles. The van der Waals surface area contributed by atoms with Gasteiger partial charge in [0.05, 0.1) is 11.6 Å². The topological polar surface area (TPSA) is 68.2 Å². The minimum absolute atomic E-state index is 0.157. The number of Topliss-reactive ketones (excluding diaryl/α,β-unsaturated/α-hetero) is 1. The predicted molar refractivity (Wildman–Crippen MR) is 103 cm³/mol. The van der Waals surface area contributed by atoms with Crippen molar-refractivity contribution >= 4 is 28.3 Å². The van der Waals surface area contributed by atoms with Crippen molar-refractivity contribution in [2.75, 3.05) is 5.32 Å². The summed E-state index contributed by atoms with van der Waals surface area (Å²) in [6.07, 6.45) is 0. The van der Waals surface area contributed by atoms with Gasteiger partial charge in [0.2, 0.25) is 5.91 Å². The standard InChI is InChI=1S/C21H20N2O3/c1-13-12-20(25)23(19-7-5-4-6-18(13)19)14(2)21(26)16-8-10-17(11-9-16)22-15(3)24/h4-12,14H,1-3H3,(H,22,24). The number of rotatable bonds is 4. The molecule has 1 atom stereocenters. The summed E-state index contributed by atoms with van der Waals surface area (Å²) in [6.45, 7) is 5.05. The zero-order valence-electron chi connectivity index (χ0n) is 14.9. The van der Waals surface area contributed by atoms with Crippen LogP contribution in [0.4, 0.5) is 5.69 Å². The average Bonchev–Trinajstić information content (AvgIpc) is 2.61. The normalized spacial score (nSPS) is 12.0. The minimum Gasteiger partial charge on any atom is -0.326 e. The lowest BCUT2D eigenvalue weighted by Gasteiger charge is -2.18. The van der Waals surface area contributed by atoms with Crippen LogP contribution < -0.4 is 10.9 Å². The molecule has 0 aliphatic carbocycles. The van der Waals surface area contributed by atoms with E-state index in [1.165, 1.54) is 11.5 Å². The van der Waals surface area contributed by atoms with Crippen molar-refractivity contribution in [3.63, 3.8) is 0 Å². The maximum Gasteiger partial charge on any atom is 0.251 e.